The van der Waals surface area contributed by atoms with Crippen molar-refractivity contribution in [1.29, 1.82) is 0 Å². The molecule has 4 nitrogen and oxygen atoms in total. The van der Waals surface area contributed by atoms with Crippen molar-refractivity contribution in [3.8, 4) is 11.5 Å². The van der Waals surface area contributed by atoms with Gasteiger partial charge < -0.3 is 14.6 Å². The SMILES string of the molecule is CCOC(=O)[C@@](O)(c1ccc(Oc2ccccc2)cc1)C(F)(F)F. The van der Waals surface area contributed by atoms with Crippen LogP contribution in [0.25, 0.3) is 0 Å². The minimum absolute atomic E-state index is 0.262. The van der Waals surface area contributed by atoms with Crippen molar-refractivity contribution in [2.75, 3.05) is 6.61 Å². The Morgan fingerprint density at radius 3 is 2.04 bits per heavy atom. The quantitative estimate of drug-likeness (QED) is 0.842. The monoisotopic (exact) mass is 340 g/mol. The van der Waals surface area contributed by atoms with Crippen molar-refractivity contribution in [3.63, 3.8) is 0 Å². The van der Waals surface area contributed by atoms with Crippen LogP contribution < -0.4 is 4.74 Å². The minimum Gasteiger partial charge on any atom is -0.463 e. The normalized spacial score (nSPS) is 13.9. The first-order valence-electron chi connectivity index (χ1n) is 7.08. The fraction of sp³-hybridized carbons (Fsp3) is 0.235. The predicted octanol–water partition coefficient (Wildman–Crippen LogP) is 3.79. The first-order chi connectivity index (χ1) is 11.3. The van der Waals surface area contributed by atoms with E-state index in [1.807, 2.05) is 0 Å². The lowest BCUT2D eigenvalue weighted by molar-refractivity contribution is -0.267. The number of rotatable bonds is 5. The molecule has 0 saturated carbocycles. The van der Waals surface area contributed by atoms with Crippen LogP contribution in [0.1, 0.15) is 12.5 Å². The highest BCUT2D eigenvalue weighted by Crippen LogP contribution is 2.40. The molecular formula is C17H15F3O4. The molecule has 0 aliphatic rings. The van der Waals surface area contributed by atoms with E-state index in [-0.39, 0.29) is 12.4 Å². The summed E-state index contributed by atoms with van der Waals surface area (Å²) in [5, 5.41) is 9.96. The second kappa shape index (κ2) is 6.92. The number of esters is 1. The third-order valence-electron chi connectivity index (χ3n) is 3.23. The van der Waals surface area contributed by atoms with Gasteiger partial charge in [0.25, 0.3) is 5.60 Å². The minimum atomic E-state index is -5.22. The van der Waals surface area contributed by atoms with Gasteiger partial charge in [-0.3, -0.25) is 0 Å². The van der Waals surface area contributed by atoms with Gasteiger partial charge in [-0.15, -0.1) is 0 Å². The van der Waals surface area contributed by atoms with Gasteiger partial charge in [0.1, 0.15) is 11.5 Å². The van der Waals surface area contributed by atoms with Gasteiger partial charge in [-0.25, -0.2) is 4.79 Å². The number of halogens is 3. The lowest BCUT2D eigenvalue weighted by Crippen LogP contribution is -2.50. The zero-order chi connectivity index (χ0) is 17.8. The number of para-hydroxylation sites is 1. The van der Waals surface area contributed by atoms with Gasteiger partial charge >= 0.3 is 12.1 Å². The summed E-state index contributed by atoms with van der Waals surface area (Å²) in [5.41, 5.74) is -4.37. The van der Waals surface area contributed by atoms with E-state index in [0.29, 0.717) is 5.75 Å². The molecule has 0 unspecified atom stereocenters. The molecule has 0 amide bonds. The number of hydrogen-bond donors (Lipinski definition) is 1. The molecule has 0 radical (unpaired) electrons. The van der Waals surface area contributed by atoms with Crippen LogP contribution in [0.5, 0.6) is 11.5 Å². The third-order valence-corrected chi connectivity index (χ3v) is 3.23. The number of aliphatic hydroxyl groups is 1. The molecule has 24 heavy (non-hydrogen) atoms. The zero-order valence-corrected chi connectivity index (χ0v) is 12.7. The Balaban J connectivity index is 2.30. The molecular weight excluding hydrogens is 325 g/mol. The van der Waals surface area contributed by atoms with E-state index >= 15 is 0 Å². The lowest BCUT2D eigenvalue weighted by Gasteiger charge is -2.28. The van der Waals surface area contributed by atoms with E-state index in [4.69, 9.17) is 4.74 Å². The van der Waals surface area contributed by atoms with Gasteiger partial charge in [-0.05, 0) is 31.2 Å². The Morgan fingerprint density at radius 2 is 1.54 bits per heavy atom. The van der Waals surface area contributed by atoms with Gasteiger partial charge in [0.15, 0.2) is 0 Å². The molecule has 2 aromatic carbocycles. The summed E-state index contributed by atoms with van der Waals surface area (Å²) >= 11 is 0. The topological polar surface area (TPSA) is 55.8 Å². The third kappa shape index (κ3) is 3.51. The van der Waals surface area contributed by atoms with Crippen LogP contribution >= 0.6 is 0 Å². The molecule has 2 rings (SSSR count). The Bertz CT molecular complexity index is 683. The van der Waals surface area contributed by atoms with Crippen LogP contribution in [0.2, 0.25) is 0 Å². The van der Waals surface area contributed by atoms with Crippen molar-refractivity contribution < 1.29 is 32.5 Å². The number of alkyl halides is 3. The van der Waals surface area contributed by atoms with Crippen LogP contribution in [0, 0.1) is 0 Å². The second-order valence-electron chi connectivity index (χ2n) is 4.87. The molecule has 0 aliphatic heterocycles. The van der Waals surface area contributed by atoms with Crippen LogP contribution in [0.3, 0.4) is 0 Å². The van der Waals surface area contributed by atoms with Crippen LogP contribution in [-0.4, -0.2) is 23.9 Å². The van der Waals surface area contributed by atoms with E-state index in [2.05, 4.69) is 4.74 Å². The van der Waals surface area contributed by atoms with E-state index in [1.54, 1.807) is 30.3 Å². The molecule has 128 valence electrons. The molecule has 0 spiro atoms. The zero-order valence-electron chi connectivity index (χ0n) is 12.7. The van der Waals surface area contributed by atoms with Crippen molar-refractivity contribution in [2.24, 2.45) is 0 Å². The largest absolute Gasteiger partial charge is 0.463 e. The maximum absolute atomic E-state index is 13.2. The molecule has 1 N–H and O–H groups in total. The van der Waals surface area contributed by atoms with E-state index < -0.39 is 23.3 Å². The van der Waals surface area contributed by atoms with Crippen molar-refractivity contribution in [2.45, 2.75) is 18.7 Å². The summed E-state index contributed by atoms with van der Waals surface area (Å²) in [6.45, 7) is 1.07. The summed E-state index contributed by atoms with van der Waals surface area (Å²) < 4.78 is 49.5. The maximum atomic E-state index is 13.2. The number of carbonyl (C=O) groups excluding carboxylic acids is 1. The molecule has 0 fully saturated rings. The molecule has 7 heteroatoms. The highest BCUT2D eigenvalue weighted by molar-refractivity contribution is 5.82. The highest BCUT2D eigenvalue weighted by Gasteiger charge is 2.62. The van der Waals surface area contributed by atoms with Crippen molar-refractivity contribution in [3.05, 3.63) is 60.2 Å². The van der Waals surface area contributed by atoms with Gasteiger partial charge in [-0.1, -0.05) is 30.3 Å². The first-order valence-corrected chi connectivity index (χ1v) is 7.08. The molecule has 0 aromatic heterocycles. The fourth-order valence-electron chi connectivity index (χ4n) is 2.02. The fourth-order valence-corrected chi connectivity index (χ4v) is 2.02. The Labute approximate surface area is 136 Å². The van der Waals surface area contributed by atoms with Crippen LogP contribution in [0.4, 0.5) is 13.2 Å². The van der Waals surface area contributed by atoms with E-state index in [1.165, 1.54) is 19.1 Å². The Morgan fingerprint density at radius 1 is 1.00 bits per heavy atom. The number of ether oxygens (including phenoxy) is 2. The average Bonchev–Trinajstić information content (AvgIpc) is 2.55. The summed E-state index contributed by atoms with van der Waals surface area (Å²) in [4.78, 5) is 11.7. The Hall–Kier alpha value is -2.54. The van der Waals surface area contributed by atoms with E-state index in [9.17, 15) is 23.1 Å². The molecule has 2 aromatic rings. The Kier molecular flexibility index (Phi) is 5.14. The van der Waals surface area contributed by atoms with Crippen LogP contribution in [0.15, 0.2) is 54.6 Å². The lowest BCUT2D eigenvalue weighted by atomic mass is 9.93. The second-order valence-corrected chi connectivity index (χ2v) is 4.87. The molecule has 1 atom stereocenters. The van der Waals surface area contributed by atoms with Gasteiger partial charge in [-0.2, -0.15) is 13.2 Å². The summed E-state index contributed by atoms with van der Waals surface area (Å²) in [6.07, 6.45) is -5.22. The standard InChI is InChI=1S/C17H15F3O4/c1-2-23-15(21)16(22,17(18,19)20)12-8-10-14(11-9-12)24-13-6-4-3-5-7-13/h3-11,22H,2H2,1H3/t16-/m0/s1. The number of carbonyl (C=O) groups is 1. The molecule has 0 saturated heterocycles. The van der Waals surface area contributed by atoms with Gasteiger partial charge in [0.05, 0.1) is 6.61 Å². The summed E-state index contributed by atoms with van der Waals surface area (Å²) in [7, 11) is 0. The summed E-state index contributed by atoms with van der Waals surface area (Å²) in [6, 6.07) is 13.1. The molecule has 0 bridgehead atoms. The average molecular weight is 340 g/mol. The predicted molar refractivity (Wildman–Crippen MR) is 79.5 cm³/mol. The van der Waals surface area contributed by atoms with Crippen molar-refractivity contribution in [1.82, 2.24) is 0 Å². The maximum Gasteiger partial charge on any atom is 0.432 e. The van der Waals surface area contributed by atoms with Gasteiger partial charge in [0.2, 0.25) is 0 Å². The number of hydrogen-bond acceptors (Lipinski definition) is 4. The molecule has 0 aliphatic carbocycles. The van der Waals surface area contributed by atoms with E-state index in [0.717, 1.165) is 12.1 Å². The van der Waals surface area contributed by atoms with Crippen molar-refractivity contribution >= 4 is 5.97 Å². The molecule has 0 heterocycles. The van der Waals surface area contributed by atoms with Crippen LogP contribution in [-0.2, 0) is 15.1 Å². The number of benzene rings is 2. The highest BCUT2D eigenvalue weighted by atomic mass is 19.4. The summed E-state index contributed by atoms with van der Waals surface area (Å²) in [5.74, 6) is -1.01. The smallest absolute Gasteiger partial charge is 0.432 e. The first kappa shape index (κ1) is 17.8. The van der Waals surface area contributed by atoms with Gasteiger partial charge in [0, 0.05) is 5.56 Å².